The van der Waals surface area contributed by atoms with Gasteiger partial charge in [0.05, 0.1) is 21.1 Å². The van der Waals surface area contributed by atoms with Gasteiger partial charge in [-0.15, -0.1) is 0 Å². The Bertz CT molecular complexity index is 1690. The molecule has 13 heteroatoms. The van der Waals surface area contributed by atoms with E-state index in [0.717, 1.165) is 4.57 Å². The molecule has 1 fully saturated rings. The lowest BCUT2D eigenvalue weighted by Crippen LogP contribution is -2.40. The molecule has 0 radical (unpaired) electrons. The smallest absolute Gasteiger partial charge is 0.333 e. The zero-order valence-corrected chi connectivity index (χ0v) is 22.3. The van der Waals surface area contributed by atoms with Gasteiger partial charge in [-0.05, 0) is 43.2 Å². The molecule has 0 unspecified atom stereocenters. The summed E-state index contributed by atoms with van der Waals surface area (Å²) in [5.41, 5.74) is 0.753. The number of nitrogens with one attached hydrogen (secondary N) is 4. The molecular weight excluding hydrogens is 543 g/mol. The predicted molar refractivity (Wildman–Crippen MR) is 149 cm³/mol. The Balaban J connectivity index is 1.35. The number of nitrogens with zero attached hydrogens (tertiary/aromatic N) is 4. The molecule has 2 aromatic carbocycles. The Labute approximate surface area is 232 Å². The van der Waals surface area contributed by atoms with Crippen LogP contribution in [0.25, 0.3) is 16.7 Å². The second-order valence-electron chi connectivity index (χ2n) is 9.12. The average Bonchev–Trinajstić information content (AvgIpc) is 2.90. The van der Waals surface area contributed by atoms with Crippen LogP contribution in [0.1, 0.15) is 19.8 Å². The third-order valence-electron chi connectivity index (χ3n) is 6.55. The van der Waals surface area contributed by atoms with Gasteiger partial charge in [0.1, 0.15) is 5.49 Å². The van der Waals surface area contributed by atoms with Crippen LogP contribution in [0.2, 0.25) is 10.0 Å². The maximum absolute atomic E-state index is 12.9. The number of fused-ring (bicyclic) bond motifs is 1. The largest absolute Gasteiger partial charge is 0.343 e. The summed E-state index contributed by atoms with van der Waals surface area (Å²) in [5, 5.41) is 15.3. The first-order valence-electron chi connectivity index (χ1n) is 12.2. The number of para-hydroxylation sites is 1. The van der Waals surface area contributed by atoms with Crippen LogP contribution in [-0.4, -0.2) is 49.3 Å². The van der Waals surface area contributed by atoms with Gasteiger partial charge in [0.25, 0.3) is 0 Å². The number of carbonyl (C=O) groups is 2. The third-order valence-corrected chi connectivity index (χ3v) is 7.16. The Morgan fingerprint density at radius 3 is 2.44 bits per heavy atom. The molecule has 4 aromatic rings. The van der Waals surface area contributed by atoms with Crippen LogP contribution >= 0.6 is 23.2 Å². The highest BCUT2D eigenvalue weighted by Crippen LogP contribution is 2.27. The number of aromatic amines is 1. The highest BCUT2D eigenvalue weighted by Gasteiger charge is 2.26. The second kappa shape index (κ2) is 10.9. The maximum atomic E-state index is 12.9. The number of hydrogen-bond donors (Lipinski definition) is 4. The summed E-state index contributed by atoms with van der Waals surface area (Å²) in [4.78, 5) is 50.2. The fraction of sp³-hybridized carbons (Fsp3) is 0.231. The molecule has 39 heavy (non-hydrogen) atoms. The summed E-state index contributed by atoms with van der Waals surface area (Å²) >= 11 is 12.5. The van der Waals surface area contributed by atoms with Crippen molar-refractivity contribution >= 4 is 63.4 Å². The van der Waals surface area contributed by atoms with Crippen molar-refractivity contribution in [3.8, 4) is 5.69 Å². The molecule has 4 N–H and O–H groups in total. The number of anilines is 3. The summed E-state index contributed by atoms with van der Waals surface area (Å²) in [6.07, 6.45) is 2.66. The number of piperidine rings is 1. The van der Waals surface area contributed by atoms with Gasteiger partial charge in [0.2, 0.25) is 17.8 Å². The summed E-state index contributed by atoms with van der Waals surface area (Å²) in [6.45, 7) is 2.68. The Kier molecular flexibility index (Phi) is 7.36. The quantitative estimate of drug-likeness (QED) is 0.288. The van der Waals surface area contributed by atoms with Crippen molar-refractivity contribution in [2.24, 2.45) is 5.92 Å². The van der Waals surface area contributed by atoms with Crippen LogP contribution in [0, 0.1) is 11.3 Å². The molecule has 2 amide bonds. The van der Waals surface area contributed by atoms with Crippen LogP contribution in [0.15, 0.2) is 53.5 Å². The molecule has 11 nitrogen and oxygen atoms in total. The first-order chi connectivity index (χ1) is 18.7. The Morgan fingerprint density at radius 1 is 1.08 bits per heavy atom. The zero-order chi connectivity index (χ0) is 27.7. The standard InChI is InChI=1S/C26H24Cl2N8O3/c1-14(37)35-10-8-15(9-11-35)24(38)31-16-4-2-5-17(12-16)32-25-30-13-18-22(29)36(26(39)34-23(18)33-25)21-19(27)6-3-7-20(21)28/h2-7,12-13,15,29H,8-11H2,1H3,(H,31,38)(H2,30,32,33,34,39). The molecule has 5 rings (SSSR count). The first-order valence-corrected chi connectivity index (χ1v) is 12.9. The van der Waals surface area contributed by atoms with E-state index in [9.17, 15) is 14.4 Å². The number of rotatable bonds is 5. The molecule has 200 valence electrons. The van der Waals surface area contributed by atoms with Crippen molar-refractivity contribution in [3.05, 3.63) is 74.7 Å². The average molecular weight is 567 g/mol. The van der Waals surface area contributed by atoms with Crippen molar-refractivity contribution < 1.29 is 9.59 Å². The van der Waals surface area contributed by atoms with Gasteiger partial charge in [-0.2, -0.15) is 4.98 Å². The monoisotopic (exact) mass is 566 g/mol. The molecule has 1 aliphatic rings. The van der Waals surface area contributed by atoms with E-state index in [-0.39, 0.29) is 55.9 Å². The molecule has 0 aliphatic carbocycles. The highest BCUT2D eigenvalue weighted by molar-refractivity contribution is 6.37. The lowest BCUT2D eigenvalue weighted by Gasteiger charge is -2.30. The molecule has 2 aromatic heterocycles. The normalized spacial score (nSPS) is 13.9. The molecular formula is C26H24Cl2N8O3. The maximum Gasteiger partial charge on any atom is 0.333 e. The summed E-state index contributed by atoms with van der Waals surface area (Å²) < 4.78 is 1.07. The summed E-state index contributed by atoms with van der Waals surface area (Å²) in [7, 11) is 0. The number of amides is 2. The second-order valence-corrected chi connectivity index (χ2v) is 9.93. The van der Waals surface area contributed by atoms with Crippen molar-refractivity contribution in [2.75, 3.05) is 23.7 Å². The number of likely N-dealkylation sites (tertiary alicyclic amines) is 1. The summed E-state index contributed by atoms with van der Waals surface area (Å²) in [6, 6.07) is 11.9. The van der Waals surface area contributed by atoms with E-state index in [0.29, 0.717) is 37.3 Å². The number of carbonyl (C=O) groups excluding carboxylic acids is 2. The molecule has 0 atom stereocenters. The number of benzene rings is 2. The number of aromatic nitrogens is 4. The molecule has 0 bridgehead atoms. The number of halogens is 2. The SMILES string of the molecule is CC(=O)N1CCC(C(=O)Nc2cccc(Nc3ncc4c(=N)n(-c5c(Cl)cccc5Cl)c(=O)[nH]c4n3)c2)CC1. The van der Waals surface area contributed by atoms with Gasteiger partial charge in [-0.1, -0.05) is 35.3 Å². The molecule has 3 heterocycles. The van der Waals surface area contributed by atoms with E-state index in [2.05, 4.69) is 25.6 Å². The summed E-state index contributed by atoms with van der Waals surface area (Å²) in [5.74, 6) is -0.0490. The fourth-order valence-electron chi connectivity index (χ4n) is 4.51. The van der Waals surface area contributed by atoms with Crippen molar-refractivity contribution in [1.29, 1.82) is 5.41 Å². The van der Waals surface area contributed by atoms with E-state index in [1.807, 2.05) is 0 Å². The number of hydrogen-bond acceptors (Lipinski definition) is 7. The molecule has 0 saturated carbocycles. The molecule has 0 spiro atoms. The minimum atomic E-state index is -0.633. The van der Waals surface area contributed by atoms with Crippen LogP contribution in [0.5, 0.6) is 0 Å². The lowest BCUT2D eigenvalue weighted by atomic mass is 9.96. The van der Waals surface area contributed by atoms with Crippen LogP contribution < -0.4 is 21.8 Å². The Morgan fingerprint density at radius 2 is 1.74 bits per heavy atom. The molecule has 1 saturated heterocycles. The van der Waals surface area contributed by atoms with Crippen molar-refractivity contribution in [1.82, 2.24) is 24.4 Å². The van der Waals surface area contributed by atoms with Gasteiger partial charge >= 0.3 is 5.69 Å². The topological polar surface area (TPSA) is 149 Å². The number of H-pyrrole nitrogens is 1. The zero-order valence-electron chi connectivity index (χ0n) is 20.8. The van der Waals surface area contributed by atoms with E-state index in [1.54, 1.807) is 47.4 Å². The highest BCUT2D eigenvalue weighted by atomic mass is 35.5. The van der Waals surface area contributed by atoms with E-state index in [4.69, 9.17) is 28.6 Å². The first kappa shape index (κ1) is 26.4. The predicted octanol–water partition coefficient (Wildman–Crippen LogP) is 3.84. The third kappa shape index (κ3) is 5.50. The minimum absolute atomic E-state index is 0.0238. The van der Waals surface area contributed by atoms with E-state index < -0.39 is 5.69 Å². The van der Waals surface area contributed by atoms with Crippen LogP contribution in [-0.2, 0) is 9.59 Å². The van der Waals surface area contributed by atoms with Crippen LogP contribution in [0.4, 0.5) is 17.3 Å². The van der Waals surface area contributed by atoms with E-state index in [1.165, 1.54) is 13.1 Å². The van der Waals surface area contributed by atoms with Crippen molar-refractivity contribution in [3.63, 3.8) is 0 Å². The van der Waals surface area contributed by atoms with Crippen LogP contribution in [0.3, 0.4) is 0 Å². The molecule has 1 aliphatic heterocycles. The Hall–Kier alpha value is -4.22. The fourth-order valence-corrected chi connectivity index (χ4v) is 5.08. The van der Waals surface area contributed by atoms with Gasteiger partial charge < -0.3 is 15.5 Å². The van der Waals surface area contributed by atoms with Crippen molar-refractivity contribution in [2.45, 2.75) is 19.8 Å². The minimum Gasteiger partial charge on any atom is -0.343 e. The van der Waals surface area contributed by atoms with Gasteiger partial charge in [0, 0.05) is 43.5 Å². The van der Waals surface area contributed by atoms with Gasteiger partial charge in [0.15, 0.2) is 5.65 Å². The van der Waals surface area contributed by atoms with Gasteiger partial charge in [-0.25, -0.2) is 14.3 Å². The van der Waals surface area contributed by atoms with Gasteiger partial charge in [-0.3, -0.25) is 20.0 Å². The van der Waals surface area contributed by atoms with E-state index >= 15 is 0 Å². The lowest BCUT2D eigenvalue weighted by molar-refractivity contribution is -0.132.